The maximum atomic E-state index is 5.97. The third-order valence-electron chi connectivity index (χ3n) is 2.78. The SMILES string of the molecule is CC(CNc1nc2ccc(Cl)cc2s1)c1nccs1. The minimum atomic E-state index is 0.385. The zero-order valence-electron chi connectivity index (χ0n) is 10.3. The number of nitrogens with one attached hydrogen (secondary N) is 1. The van der Waals surface area contributed by atoms with Crippen molar-refractivity contribution in [2.24, 2.45) is 0 Å². The lowest BCUT2D eigenvalue weighted by Crippen LogP contribution is -2.09. The summed E-state index contributed by atoms with van der Waals surface area (Å²) in [5, 5.41) is 8.21. The van der Waals surface area contributed by atoms with Crippen LogP contribution >= 0.6 is 34.3 Å². The molecule has 3 nitrogen and oxygen atoms in total. The topological polar surface area (TPSA) is 37.8 Å². The third-order valence-corrected chi connectivity index (χ3v) is 5.00. The summed E-state index contributed by atoms with van der Waals surface area (Å²) in [6, 6.07) is 5.76. The van der Waals surface area contributed by atoms with E-state index in [2.05, 4.69) is 22.2 Å². The number of aromatic nitrogens is 2. The van der Waals surface area contributed by atoms with Crippen LogP contribution in [0.15, 0.2) is 29.8 Å². The van der Waals surface area contributed by atoms with Crippen LogP contribution in [0, 0.1) is 0 Å². The van der Waals surface area contributed by atoms with E-state index in [9.17, 15) is 0 Å². The van der Waals surface area contributed by atoms with Gasteiger partial charge in [0.1, 0.15) is 0 Å². The molecule has 3 aromatic rings. The Kier molecular flexibility index (Phi) is 3.68. The second-order valence-corrected chi connectivity index (χ2v) is 6.68. The van der Waals surface area contributed by atoms with Crippen LogP contribution in [0.4, 0.5) is 5.13 Å². The molecule has 1 aromatic carbocycles. The Bertz CT molecular complexity index is 678. The van der Waals surface area contributed by atoms with Crippen LogP contribution in [0.1, 0.15) is 17.8 Å². The molecule has 0 saturated heterocycles. The van der Waals surface area contributed by atoms with Gasteiger partial charge in [-0.2, -0.15) is 0 Å². The Labute approximate surface area is 124 Å². The fourth-order valence-electron chi connectivity index (χ4n) is 1.78. The molecule has 2 heterocycles. The van der Waals surface area contributed by atoms with E-state index in [0.29, 0.717) is 5.92 Å². The molecule has 1 atom stereocenters. The largest absolute Gasteiger partial charge is 0.361 e. The van der Waals surface area contributed by atoms with Gasteiger partial charge in [-0.15, -0.1) is 11.3 Å². The molecule has 0 saturated carbocycles. The minimum Gasteiger partial charge on any atom is -0.361 e. The van der Waals surface area contributed by atoms with Gasteiger partial charge < -0.3 is 5.32 Å². The summed E-state index contributed by atoms with van der Waals surface area (Å²) in [6.45, 7) is 3.00. The smallest absolute Gasteiger partial charge is 0.183 e. The molecule has 3 rings (SSSR count). The zero-order valence-corrected chi connectivity index (χ0v) is 12.6. The number of rotatable bonds is 4. The quantitative estimate of drug-likeness (QED) is 0.764. The summed E-state index contributed by atoms with van der Waals surface area (Å²) in [6.07, 6.45) is 1.84. The predicted octanol–water partition coefficient (Wildman–Crippen LogP) is 4.62. The highest BCUT2D eigenvalue weighted by atomic mass is 35.5. The molecule has 0 radical (unpaired) electrons. The number of benzene rings is 1. The maximum Gasteiger partial charge on any atom is 0.183 e. The van der Waals surface area contributed by atoms with Crippen molar-refractivity contribution >= 4 is 49.6 Å². The van der Waals surface area contributed by atoms with E-state index in [1.54, 1.807) is 22.7 Å². The van der Waals surface area contributed by atoms with E-state index in [1.807, 2.05) is 29.8 Å². The average Bonchev–Trinajstić information content (AvgIpc) is 3.04. The Morgan fingerprint density at radius 2 is 2.32 bits per heavy atom. The molecule has 0 aliphatic heterocycles. The van der Waals surface area contributed by atoms with Crippen LogP contribution in [0.5, 0.6) is 0 Å². The standard InChI is InChI=1S/C13H12ClN3S2/c1-8(12-15-4-5-18-12)7-16-13-17-10-3-2-9(14)6-11(10)19-13/h2-6,8H,7H2,1H3,(H,16,17). The van der Waals surface area contributed by atoms with E-state index in [1.165, 1.54) is 0 Å². The van der Waals surface area contributed by atoms with E-state index < -0.39 is 0 Å². The fourth-order valence-corrected chi connectivity index (χ4v) is 3.63. The molecule has 6 heteroatoms. The van der Waals surface area contributed by atoms with Crippen molar-refractivity contribution in [3.8, 4) is 0 Å². The molecule has 0 bridgehead atoms. The first-order valence-corrected chi connectivity index (χ1v) is 7.99. The number of nitrogens with zero attached hydrogens (tertiary/aromatic N) is 2. The minimum absolute atomic E-state index is 0.385. The van der Waals surface area contributed by atoms with Crippen molar-refractivity contribution in [1.82, 2.24) is 9.97 Å². The summed E-state index contributed by atoms with van der Waals surface area (Å²) in [5.74, 6) is 0.385. The first-order chi connectivity index (χ1) is 9.22. The average molecular weight is 310 g/mol. The van der Waals surface area contributed by atoms with Crippen LogP contribution in [0.3, 0.4) is 0 Å². The van der Waals surface area contributed by atoms with Crippen LogP contribution in [0.25, 0.3) is 10.2 Å². The molecule has 2 aromatic heterocycles. The third kappa shape index (κ3) is 2.88. The van der Waals surface area contributed by atoms with Gasteiger partial charge in [-0.3, -0.25) is 0 Å². The molecule has 0 aliphatic rings. The highest BCUT2D eigenvalue weighted by Gasteiger charge is 2.09. The second-order valence-electron chi connectivity index (χ2n) is 4.28. The zero-order chi connectivity index (χ0) is 13.2. The van der Waals surface area contributed by atoms with Gasteiger partial charge in [0.05, 0.1) is 15.2 Å². The van der Waals surface area contributed by atoms with Crippen molar-refractivity contribution < 1.29 is 0 Å². The lowest BCUT2D eigenvalue weighted by atomic mass is 10.2. The molecule has 0 amide bonds. The van der Waals surface area contributed by atoms with Gasteiger partial charge in [-0.1, -0.05) is 29.9 Å². The predicted molar refractivity (Wildman–Crippen MR) is 83.6 cm³/mol. The molecule has 19 heavy (non-hydrogen) atoms. The Morgan fingerprint density at radius 1 is 1.42 bits per heavy atom. The highest BCUT2D eigenvalue weighted by molar-refractivity contribution is 7.22. The fraction of sp³-hybridized carbons (Fsp3) is 0.231. The molecule has 1 N–H and O–H groups in total. The van der Waals surface area contributed by atoms with E-state index in [0.717, 1.165) is 31.9 Å². The van der Waals surface area contributed by atoms with E-state index in [-0.39, 0.29) is 0 Å². The Morgan fingerprint density at radius 3 is 3.11 bits per heavy atom. The van der Waals surface area contributed by atoms with Gasteiger partial charge in [-0.25, -0.2) is 9.97 Å². The number of anilines is 1. The molecular formula is C13H12ClN3S2. The number of hydrogen-bond acceptors (Lipinski definition) is 5. The number of thiazole rings is 2. The van der Waals surface area contributed by atoms with Crippen molar-refractivity contribution in [1.29, 1.82) is 0 Å². The van der Waals surface area contributed by atoms with Crippen LogP contribution < -0.4 is 5.32 Å². The van der Waals surface area contributed by atoms with E-state index in [4.69, 9.17) is 11.6 Å². The van der Waals surface area contributed by atoms with Gasteiger partial charge in [0, 0.05) is 29.1 Å². The molecule has 0 fully saturated rings. The molecule has 1 unspecified atom stereocenters. The lowest BCUT2D eigenvalue weighted by molar-refractivity contribution is 0.794. The van der Waals surface area contributed by atoms with Crippen LogP contribution in [0.2, 0.25) is 5.02 Å². The number of hydrogen-bond donors (Lipinski definition) is 1. The second kappa shape index (κ2) is 5.45. The molecule has 98 valence electrons. The van der Waals surface area contributed by atoms with Crippen LogP contribution in [-0.4, -0.2) is 16.5 Å². The van der Waals surface area contributed by atoms with Gasteiger partial charge in [0.25, 0.3) is 0 Å². The monoisotopic (exact) mass is 309 g/mol. The lowest BCUT2D eigenvalue weighted by Gasteiger charge is -2.08. The first-order valence-electron chi connectivity index (χ1n) is 5.92. The normalized spacial score (nSPS) is 12.7. The number of fused-ring (bicyclic) bond motifs is 1. The maximum absolute atomic E-state index is 5.97. The summed E-state index contributed by atoms with van der Waals surface area (Å²) in [7, 11) is 0. The summed E-state index contributed by atoms with van der Waals surface area (Å²) >= 11 is 9.29. The number of halogens is 1. The van der Waals surface area contributed by atoms with E-state index >= 15 is 0 Å². The molecular weight excluding hydrogens is 298 g/mol. The van der Waals surface area contributed by atoms with Gasteiger partial charge >= 0.3 is 0 Å². The van der Waals surface area contributed by atoms with Gasteiger partial charge in [0.15, 0.2) is 5.13 Å². The summed E-state index contributed by atoms with van der Waals surface area (Å²) < 4.78 is 1.11. The molecule has 0 spiro atoms. The van der Waals surface area contributed by atoms with Crippen molar-refractivity contribution in [2.45, 2.75) is 12.8 Å². The van der Waals surface area contributed by atoms with Crippen LogP contribution in [-0.2, 0) is 0 Å². The Balaban J connectivity index is 1.71. The van der Waals surface area contributed by atoms with Crippen molar-refractivity contribution in [3.05, 3.63) is 39.8 Å². The van der Waals surface area contributed by atoms with Crippen molar-refractivity contribution in [3.63, 3.8) is 0 Å². The van der Waals surface area contributed by atoms with Crippen molar-refractivity contribution in [2.75, 3.05) is 11.9 Å². The highest BCUT2D eigenvalue weighted by Crippen LogP contribution is 2.29. The summed E-state index contributed by atoms with van der Waals surface area (Å²) in [4.78, 5) is 8.87. The molecule has 0 aliphatic carbocycles. The summed E-state index contributed by atoms with van der Waals surface area (Å²) in [5.41, 5.74) is 0.985. The first kappa shape index (κ1) is 12.8. The Hall–Kier alpha value is -1.17. The van der Waals surface area contributed by atoms with Gasteiger partial charge in [0.2, 0.25) is 0 Å². The van der Waals surface area contributed by atoms with Gasteiger partial charge in [-0.05, 0) is 18.2 Å².